The van der Waals surface area contributed by atoms with Crippen molar-refractivity contribution in [2.24, 2.45) is 7.05 Å². The fourth-order valence-electron chi connectivity index (χ4n) is 3.23. The van der Waals surface area contributed by atoms with Crippen LogP contribution in [0.2, 0.25) is 0 Å². The number of para-hydroxylation sites is 2. The minimum atomic E-state index is 0. The number of imidazole rings is 2. The summed E-state index contributed by atoms with van der Waals surface area (Å²) in [6.45, 7) is 4.29. The molecule has 0 bridgehead atoms. The van der Waals surface area contributed by atoms with Crippen molar-refractivity contribution in [1.29, 1.82) is 0 Å². The van der Waals surface area contributed by atoms with Gasteiger partial charge in [0, 0.05) is 19.0 Å². The van der Waals surface area contributed by atoms with E-state index in [2.05, 4.69) is 54.7 Å². The number of nitrogens with one attached hydrogen (secondary N) is 1. The van der Waals surface area contributed by atoms with Crippen LogP contribution < -0.4 is 0 Å². The number of benzene rings is 2. The first-order chi connectivity index (χ1) is 11.2. The summed E-state index contributed by atoms with van der Waals surface area (Å²) in [5.74, 6) is 2.05. The summed E-state index contributed by atoms with van der Waals surface area (Å²) < 4.78 is 2.15. The lowest BCUT2D eigenvalue weighted by Crippen LogP contribution is -1.93. The van der Waals surface area contributed by atoms with E-state index in [9.17, 15) is 0 Å². The van der Waals surface area contributed by atoms with Gasteiger partial charge in [-0.25, -0.2) is 9.97 Å². The molecule has 2 heterocycles. The fraction of sp³-hybridized carbons (Fsp3) is 0.263. The van der Waals surface area contributed by atoms with Crippen LogP contribution >= 0.6 is 0 Å². The molecule has 3 N–H and O–H groups in total. The van der Waals surface area contributed by atoms with Crippen molar-refractivity contribution in [3.63, 3.8) is 0 Å². The Bertz CT molecular complexity index is 1010. The number of fused-ring (bicyclic) bond motifs is 2. The van der Waals surface area contributed by atoms with Gasteiger partial charge in [0.05, 0.1) is 22.1 Å². The highest BCUT2D eigenvalue weighted by Gasteiger charge is 2.13. The SMILES string of the molecule is CCCc1nc2c(C)cc(-c3nc4ccccc4n3C)cc2[nH]1.O. The number of hydrogen-bond acceptors (Lipinski definition) is 2. The van der Waals surface area contributed by atoms with Crippen LogP contribution in [-0.2, 0) is 13.5 Å². The van der Waals surface area contributed by atoms with Gasteiger partial charge < -0.3 is 15.0 Å². The zero-order valence-electron chi connectivity index (χ0n) is 14.2. The van der Waals surface area contributed by atoms with Crippen LogP contribution in [0.3, 0.4) is 0 Å². The van der Waals surface area contributed by atoms with Gasteiger partial charge in [-0.2, -0.15) is 0 Å². The molecule has 2 aromatic heterocycles. The van der Waals surface area contributed by atoms with Crippen molar-refractivity contribution in [3.8, 4) is 11.4 Å². The molecule has 0 saturated carbocycles. The van der Waals surface area contributed by atoms with Crippen LogP contribution in [0.15, 0.2) is 36.4 Å². The summed E-state index contributed by atoms with van der Waals surface area (Å²) in [6, 6.07) is 12.6. The lowest BCUT2D eigenvalue weighted by molar-refractivity contribution is 0.824. The second kappa shape index (κ2) is 6.09. The van der Waals surface area contributed by atoms with Crippen molar-refractivity contribution >= 4 is 22.1 Å². The molecule has 0 fully saturated rings. The first-order valence-corrected chi connectivity index (χ1v) is 8.08. The Morgan fingerprint density at radius 3 is 2.67 bits per heavy atom. The van der Waals surface area contributed by atoms with E-state index in [1.165, 1.54) is 5.56 Å². The van der Waals surface area contributed by atoms with Gasteiger partial charge in [-0.1, -0.05) is 19.1 Å². The van der Waals surface area contributed by atoms with E-state index in [0.717, 1.165) is 52.1 Å². The number of aryl methyl sites for hydroxylation is 3. The number of rotatable bonds is 3. The molecule has 5 heteroatoms. The third-order valence-corrected chi connectivity index (χ3v) is 4.36. The number of H-pyrrole nitrogens is 1. The van der Waals surface area contributed by atoms with Crippen molar-refractivity contribution in [3.05, 3.63) is 47.8 Å². The van der Waals surface area contributed by atoms with E-state index in [4.69, 9.17) is 9.97 Å². The standard InChI is InChI=1S/C19H20N4.H2O/c1-4-7-17-20-15-11-13(10-12(2)18(15)22-17)19-21-14-8-5-6-9-16(14)23(19)3;/h5-6,8-11H,4,7H2,1-3H3,(H,20,22);1H2. The first kappa shape index (κ1) is 16.2. The van der Waals surface area contributed by atoms with E-state index < -0.39 is 0 Å². The molecule has 24 heavy (non-hydrogen) atoms. The molecule has 0 atom stereocenters. The monoisotopic (exact) mass is 322 g/mol. The number of aromatic nitrogens is 4. The van der Waals surface area contributed by atoms with Gasteiger partial charge in [-0.3, -0.25) is 0 Å². The molecule has 0 radical (unpaired) electrons. The zero-order valence-corrected chi connectivity index (χ0v) is 14.2. The molecule has 0 saturated heterocycles. The zero-order chi connectivity index (χ0) is 16.0. The highest BCUT2D eigenvalue weighted by molar-refractivity contribution is 5.86. The minimum absolute atomic E-state index is 0. The molecule has 2 aromatic carbocycles. The summed E-state index contributed by atoms with van der Waals surface area (Å²) in [7, 11) is 2.07. The van der Waals surface area contributed by atoms with Gasteiger partial charge in [-0.15, -0.1) is 0 Å². The van der Waals surface area contributed by atoms with Gasteiger partial charge in [-0.05, 0) is 43.2 Å². The highest BCUT2D eigenvalue weighted by atomic mass is 16.0. The smallest absolute Gasteiger partial charge is 0.140 e. The Kier molecular flexibility index (Phi) is 4.11. The first-order valence-electron chi connectivity index (χ1n) is 8.08. The van der Waals surface area contributed by atoms with Crippen molar-refractivity contribution < 1.29 is 5.48 Å². The number of aromatic amines is 1. The van der Waals surface area contributed by atoms with E-state index in [-0.39, 0.29) is 5.48 Å². The number of nitrogens with zero attached hydrogens (tertiary/aromatic N) is 3. The summed E-state index contributed by atoms with van der Waals surface area (Å²) in [5, 5.41) is 0. The van der Waals surface area contributed by atoms with Crippen LogP contribution in [0.25, 0.3) is 33.5 Å². The van der Waals surface area contributed by atoms with E-state index in [1.807, 2.05) is 12.1 Å². The molecule has 0 aliphatic heterocycles. The maximum absolute atomic E-state index is 4.80. The van der Waals surface area contributed by atoms with Gasteiger partial charge in [0.25, 0.3) is 0 Å². The quantitative estimate of drug-likeness (QED) is 0.626. The molecule has 5 nitrogen and oxygen atoms in total. The molecule has 4 rings (SSSR count). The van der Waals surface area contributed by atoms with E-state index in [1.54, 1.807) is 0 Å². The second-order valence-corrected chi connectivity index (χ2v) is 6.11. The van der Waals surface area contributed by atoms with Gasteiger partial charge in [0.2, 0.25) is 0 Å². The highest BCUT2D eigenvalue weighted by Crippen LogP contribution is 2.28. The molecule has 0 spiro atoms. The van der Waals surface area contributed by atoms with Crippen LogP contribution in [0.4, 0.5) is 0 Å². The molecular weight excluding hydrogens is 300 g/mol. The summed E-state index contributed by atoms with van der Waals surface area (Å²) in [4.78, 5) is 13.0. The third kappa shape index (κ3) is 2.47. The van der Waals surface area contributed by atoms with E-state index >= 15 is 0 Å². The lowest BCUT2D eigenvalue weighted by atomic mass is 10.1. The molecule has 0 aliphatic rings. The predicted molar refractivity (Wildman–Crippen MR) is 98.1 cm³/mol. The maximum Gasteiger partial charge on any atom is 0.140 e. The Morgan fingerprint density at radius 1 is 1.12 bits per heavy atom. The van der Waals surface area contributed by atoms with E-state index in [0.29, 0.717) is 0 Å². The molecular formula is C19H22N4O. The molecule has 0 amide bonds. The minimum Gasteiger partial charge on any atom is -0.412 e. The van der Waals surface area contributed by atoms with Crippen LogP contribution in [0.5, 0.6) is 0 Å². The average molecular weight is 322 g/mol. The van der Waals surface area contributed by atoms with Crippen LogP contribution in [0.1, 0.15) is 24.7 Å². The fourth-order valence-corrected chi connectivity index (χ4v) is 3.23. The molecule has 0 unspecified atom stereocenters. The molecule has 0 aliphatic carbocycles. The van der Waals surface area contributed by atoms with Gasteiger partial charge in [0.1, 0.15) is 11.6 Å². The van der Waals surface area contributed by atoms with Crippen molar-refractivity contribution in [2.45, 2.75) is 26.7 Å². The third-order valence-electron chi connectivity index (χ3n) is 4.36. The average Bonchev–Trinajstić information content (AvgIpc) is 3.10. The lowest BCUT2D eigenvalue weighted by Gasteiger charge is -2.04. The summed E-state index contributed by atoms with van der Waals surface area (Å²) in [6.07, 6.45) is 2.08. The predicted octanol–water partition coefficient (Wildman–Crippen LogP) is 3.55. The second-order valence-electron chi connectivity index (χ2n) is 6.11. The van der Waals surface area contributed by atoms with Crippen molar-refractivity contribution in [1.82, 2.24) is 19.5 Å². The summed E-state index contributed by atoms with van der Waals surface area (Å²) in [5.41, 5.74) is 6.64. The Balaban J connectivity index is 0.00000169. The van der Waals surface area contributed by atoms with Crippen molar-refractivity contribution in [2.75, 3.05) is 0 Å². The Labute approximate surface area is 140 Å². The molecule has 4 aromatic rings. The topological polar surface area (TPSA) is 78.0 Å². The van der Waals surface area contributed by atoms with Gasteiger partial charge >= 0.3 is 0 Å². The van der Waals surface area contributed by atoms with Gasteiger partial charge in [0.15, 0.2) is 0 Å². The molecule has 124 valence electrons. The van der Waals surface area contributed by atoms with Crippen LogP contribution in [-0.4, -0.2) is 25.0 Å². The van der Waals surface area contributed by atoms with Crippen LogP contribution in [0, 0.1) is 6.92 Å². The Morgan fingerprint density at radius 2 is 1.92 bits per heavy atom. The largest absolute Gasteiger partial charge is 0.412 e. The number of hydrogen-bond donors (Lipinski definition) is 1. The Hall–Kier alpha value is -2.66. The normalized spacial score (nSPS) is 11.1. The summed E-state index contributed by atoms with van der Waals surface area (Å²) >= 11 is 0. The maximum atomic E-state index is 4.80.